The summed E-state index contributed by atoms with van der Waals surface area (Å²) in [6, 6.07) is 2.60. The number of amides is 1. The van der Waals surface area contributed by atoms with Gasteiger partial charge in [-0.15, -0.1) is 11.3 Å². The fourth-order valence-electron chi connectivity index (χ4n) is 4.89. The van der Waals surface area contributed by atoms with E-state index in [0.29, 0.717) is 43.2 Å². The van der Waals surface area contributed by atoms with Crippen LogP contribution in [0.1, 0.15) is 35.4 Å². The second kappa shape index (κ2) is 10.4. The number of hydrogen-bond acceptors (Lipinski definition) is 6. The maximum absolute atomic E-state index is 15.5. The standard InChI is InChI=1S/C24H30F4N4O2S/c1-30-15-17(16-30)3-2-8-31-11-6-23(25,7-12-31)22(33)32-9-4-18(5-10-32)34-19-13-21(24(26,27)28)35-20(19)14-29/h2-3,13,17-18H,4-12,15-16H2,1H3/b3-2+. The predicted octanol–water partition coefficient (Wildman–Crippen LogP) is 3.93. The molecule has 4 rings (SSSR count). The Morgan fingerprint density at radius 2 is 1.91 bits per heavy atom. The third-order valence-corrected chi connectivity index (χ3v) is 8.06. The average Bonchev–Trinajstić information content (AvgIpc) is 3.22. The largest absolute Gasteiger partial charge is 0.488 e. The van der Waals surface area contributed by atoms with Crippen molar-refractivity contribution in [3.63, 3.8) is 0 Å². The van der Waals surface area contributed by atoms with Gasteiger partial charge in [-0.2, -0.15) is 18.4 Å². The van der Waals surface area contributed by atoms with Crippen molar-refractivity contribution in [2.75, 3.05) is 52.9 Å². The van der Waals surface area contributed by atoms with Crippen LogP contribution in [0.15, 0.2) is 18.2 Å². The molecule has 3 aliphatic heterocycles. The zero-order valence-corrected chi connectivity index (χ0v) is 20.5. The van der Waals surface area contributed by atoms with E-state index in [1.54, 1.807) is 6.07 Å². The number of halogens is 4. The predicted molar refractivity (Wildman–Crippen MR) is 124 cm³/mol. The highest BCUT2D eigenvalue weighted by Gasteiger charge is 2.45. The van der Waals surface area contributed by atoms with Crippen molar-refractivity contribution in [3.05, 3.63) is 28.0 Å². The molecule has 1 amide bonds. The molecular weight excluding hydrogens is 484 g/mol. The molecule has 4 heterocycles. The molecule has 3 saturated heterocycles. The molecule has 0 aromatic carbocycles. The lowest BCUT2D eigenvalue weighted by Gasteiger charge is -2.40. The molecule has 0 spiro atoms. The molecule has 35 heavy (non-hydrogen) atoms. The summed E-state index contributed by atoms with van der Waals surface area (Å²) in [6.07, 6.45) is 0.441. The van der Waals surface area contributed by atoms with Gasteiger partial charge in [0.15, 0.2) is 5.67 Å². The lowest BCUT2D eigenvalue weighted by Crippen LogP contribution is -2.54. The van der Waals surface area contributed by atoms with Crippen LogP contribution in [0.2, 0.25) is 0 Å². The number of piperidine rings is 2. The van der Waals surface area contributed by atoms with Gasteiger partial charge in [-0.25, -0.2) is 4.39 Å². The van der Waals surface area contributed by atoms with E-state index in [2.05, 4.69) is 29.0 Å². The van der Waals surface area contributed by atoms with Crippen LogP contribution >= 0.6 is 11.3 Å². The van der Waals surface area contributed by atoms with Gasteiger partial charge < -0.3 is 14.5 Å². The summed E-state index contributed by atoms with van der Waals surface area (Å²) in [4.78, 5) is 17.9. The molecule has 6 nitrogen and oxygen atoms in total. The fourth-order valence-corrected chi connectivity index (χ4v) is 5.65. The zero-order chi connectivity index (χ0) is 25.2. The summed E-state index contributed by atoms with van der Waals surface area (Å²) >= 11 is 0.354. The van der Waals surface area contributed by atoms with Crippen LogP contribution in [0.4, 0.5) is 17.6 Å². The summed E-state index contributed by atoms with van der Waals surface area (Å²) in [5, 5.41) is 9.14. The van der Waals surface area contributed by atoms with Gasteiger partial charge in [0.2, 0.25) is 0 Å². The average molecular weight is 515 g/mol. The molecule has 0 radical (unpaired) electrons. The van der Waals surface area contributed by atoms with Gasteiger partial charge in [-0.3, -0.25) is 9.69 Å². The number of nitrogens with zero attached hydrogens (tertiary/aromatic N) is 4. The second-order valence-corrected chi connectivity index (χ2v) is 10.8. The normalized spacial score (nSPS) is 22.8. The Hall–Kier alpha value is -2.16. The highest BCUT2D eigenvalue weighted by atomic mass is 32.1. The maximum Gasteiger partial charge on any atom is 0.425 e. The van der Waals surface area contributed by atoms with Crippen molar-refractivity contribution in [2.45, 2.75) is 43.6 Å². The minimum Gasteiger partial charge on any atom is -0.488 e. The van der Waals surface area contributed by atoms with Gasteiger partial charge in [0, 0.05) is 83.5 Å². The number of carbonyl (C=O) groups excluding carboxylic acids is 1. The smallest absolute Gasteiger partial charge is 0.425 e. The Kier molecular flexibility index (Phi) is 7.74. The summed E-state index contributed by atoms with van der Waals surface area (Å²) < 4.78 is 60.1. The lowest BCUT2D eigenvalue weighted by atomic mass is 9.90. The molecular formula is C24H30F4N4O2S. The Bertz CT molecular complexity index is 967. The van der Waals surface area contributed by atoms with E-state index in [1.807, 2.05) is 0 Å². The summed E-state index contributed by atoms with van der Waals surface area (Å²) in [5.41, 5.74) is -1.88. The van der Waals surface area contributed by atoms with Gasteiger partial charge in [0.25, 0.3) is 5.91 Å². The van der Waals surface area contributed by atoms with Gasteiger partial charge in [0.1, 0.15) is 27.7 Å². The van der Waals surface area contributed by atoms with Crippen molar-refractivity contribution < 1.29 is 27.1 Å². The lowest BCUT2D eigenvalue weighted by molar-refractivity contribution is -0.149. The van der Waals surface area contributed by atoms with Crippen LogP contribution in [0.3, 0.4) is 0 Å². The van der Waals surface area contributed by atoms with Gasteiger partial charge in [0.05, 0.1) is 0 Å². The number of carbonyl (C=O) groups is 1. The molecule has 0 N–H and O–H groups in total. The van der Waals surface area contributed by atoms with Crippen molar-refractivity contribution in [1.82, 2.24) is 14.7 Å². The number of hydrogen-bond donors (Lipinski definition) is 0. The molecule has 0 aliphatic carbocycles. The minimum absolute atomic E-state index is 0.0812. The fraction of sp³-hybridized carbons (Fsp3) is 0.667. The first-order chi connectivity index (χ1) is 16.6. The number of thiophene rings is 1. The second-order valence-electron chi connectivity index (χ2n) is 9.70. The number of nitriles is 1. The van der Waals surface area contributed by atoms with Crippen LogP contribution in [0, 0.1) is 17.2 Å². The van der Waals surface area contributed by atoms with E-state index in [1.165, 1.54) is 4.90 Å². The van der Waals surface area contributed by atoms with Crippen molar-refractivity contribution in [3.8, 4) is 11.8 Å². The van der Waals surface area contributed by atoms with E-state index < -0.39 is 28.7 Å². The van der Waals surface area contributed by atoms with Crippen LogP contribution in [0.5, 0.6) is 5.75 Å². The van der Waals surface area contributed by atoms with Gasteiger partial charge in [-0.1, -0.05) is 12.2 Å². The maximum atomic E-state index is 15.5. The topological polar surface area (TPSA) is 59.8 Å². The molecule has 3 aliphatic rings. The van der Waals surface area contributed by atoms with Crippen LogP contribution in [-0.2, 0) is 11.0 Å². The van der Waals surface area contributed by atoms with Crippen molar-refractivity contribution in [2.24, 2.45) is 5.92 Å². The van der Waals surface area contributed by atoms with Crippen molar-refractivity contribution in [1.29, 1.82) is 5.26 Å². The molecule has 0 atom stereocenters. The van der Waals surface area contributed by atoms with Crippen LogP contribution in [0.25, 0.3) is 0 Å². The van der Waals surface area contributed by atoms with Crippen LogP contribution in [-0.4, -0.2) is 85.2 Å². The molecule has 0 saturated carbocycles. The van der Waals surface area contributed by atoms with E-state index in [0.717, 1.165) is 25.7 Å². The van der Waals surface area contributed by atoms with Gasteiger partial charge >= 0.3 is 6.18 Å². The SMILES string of the molecule is CN1CC(/C=C/CN2CCC(F)(C(=O)N3CCC(Oc4cc(C(F)(F)F)sc4C#N)CC3)CC2)C1. The summed E-state index contributed by atoms with van der Waals surface area (Å²) in [5.74, 6) is 0.00928. The molecule has 0 unspecified atom stereocenters. The van der Waals surface area contributed by atoms with Gasteiger partial charge in [-0.05, 0) is 7.05 Å². The van der Waals surface area contributed by atoms with Crippen molar-refractivity contribution >= 4 is 17.2 Å². The molecule has 0 bridgehead atoms. The number of alkyl halides is 4. The highest BCUT2D eigenvalue weighted by Crippen LogP contribution is 2.40. The molecule has 1 aromatic heterocycles. The van der Waals surface area contributed by atoms with E-state index in [4.69, 9.17) is 10.00 Å². The molecule has 192 valence electrons. The molecule has 3 fully saturated rings. The number of ether oxygens (including phenoxy) is 1. The molecule has 11 heteroatoms. The summed E-state index contributed by atoms with van der Waals surface area (Å²) in [6.45, 7) is 4.49. The first kappa shape index (κ1) is 25.9. The van der Waals surface area contributed by atoms with E-state index in [-0.39, 0.29) is 36.6 Å². The number of likely N-dealkylation sites (tertiary alicyclic amines) is 3. The van der Waals surface area contributed by atoms with Crippen LogP contribution < -0.4 is 4.74 Å². The zero-order valence-electron chi connectivity index (χ0n) is 19.7. The van der Waals surface area contributed by atoms with E-state index >= 15 is 4.39 Å². The Labute approximate surface area is 206 Å². The number of rotatable bonds is 6. The minimum atomic E-state index is -4.54. The third kappa shape index (κ3) is 6.16. The Balaban J connectivity index is 1.23. The first-order valence-electron chi connectivity index (χ1n) is 11.9. The quantitative estimate of drug-likeness (QED) is 0.425. The Morgan fingerprint density at radius 1 is 1.26 bits per heavy atom. The monoisotopic (exact) mass is 514 g/mol. The first-order valence-corrected chi connectivity index (χ1v) is 12.7. The van der Waals surface area contributed by atoms with E-state index in [9.17, 15) is 18.0 Å². The Morgan fingerprint density at radius 3 is 2.49 bits per heavy atom. The third-order valence-electron chi connectivity index (χ3n) is 7.00. The molecule has 1 aromatic rings. The highest BCUT2D eigenvalue weighted by molar-refractivity contribution is 7.13. The summed E-state index contributed by atoms with van der Waals surface area (Å²) in [7, 11) is 2.09.